The lowest BCUT2D eigenvalue weighted by molar-refractivity contribution is 0.567. The lowest BCUT2D eigenvalue weighted by Crippen LogP contribution is -2.14. The molecule has 2 nitrogen and oxygen atoms in total. The molecule has 0 aliphatic carbocycles. The molecule has 1 aromatic carbocycles. The number of nitrogens with zero attached hydrogens (tertiary/aromatic N) is 1. The van der Waals surface area contributed by atoms with Gasteiger partial charge in [-0.3, -0.25) is 0 Å². The van der Waals surface area contributed by atoms with Gasteiger partial charge in [0.25, 0.3) is 0 Å². The first kappa shape index (κ1) is 12.2. The van der Waals surface area contributed by atoms with Crippen LogP contribution in [-0.2, 0) is 0 Å². The molecule has 0 fully saturated rings. The normalized spacial score (nSPS) is 13.5. The van der Waals surface area contributed by atoms with E-state index in [1.807, 2.05) is 0 Å². The van der Waals surface area contributed by atoms with Crippen LogP contribution in [-0.4, -0.2) is 11.1 Å². The van der Waals surface area contributed by atoms with Gasteiger partial charge in [0.05, 0.1) is 0 Å². The van der Waals surface area contributed by atoms with Crippen LogP contribution in [0.25, 0.3) is 10.9 Å². The Hall–Kier alpha value is -1.28. The third-order valence-electron chi connectivity index (χ3n) is 3.40. The monoisotopic (exact) mass is 230 g/mol. The average Bonchev–Trinajstić information content (AvgIpc) is 2.66. The SMILES string of the molecule is Cc1ccc2cc(C(C)CN)n(C(C)C)c2c1. The smallest absolute Gasteiger partial charge is 0.0487 e. The van der Waals surface area contributed by atoms with Crippen molar-refractivity contribution in [3.8, 4) is 0 Å². The molecule has 2 rings (SSSR count). The van der Waals surface area contributed by atoms with Gasteiger partial charge >= 0.3 is 0 Å². The molecule has 92 valence electrons. The summed E-state index contributed by atoms with van der Waals surface area (Å²) in [5.74, 6) is 0.408. The van der Waals surface area contributed by atoms with Gasteiger partial charge < -0.3 is 10.3 Å². The highest BCUT2D eigenvalue weighted by atomic mass is 15.0. The molecule has 0 bridgehead atoms. The topological polar surface area (TPSA) is 30.9 Å². The molecular weight excluding hydrogens is 208 g/mol. The van der Waals surface area contributed by atoms with Crippen LogP contribution >= 0.6 is 0 Å². The van der Waals surface area contributed by atoms with Crippen molar-refractivity contribution in [3.63, 3.8) is 0 Å². The van der Waals surface area contributed by atoms with E-state index in [0.717, 1.165) is 0 Å². The Morgan fingerprint density at radius 3 is 2.47 bits per heavy atom. The van der Waals surface area contributed by atoms with Crippen LogP contribution in [0.1, 0.15) is 44.0 Å². The number of hydrogen-bond acceptors (Lipinski definition) is 1. The maximum Gasteiger partial charge on any atom is 0.0487 e. The van der Waals surface area contributed by atoms with Crippen molar-refractivity contribution >= 4 is 10.9 Å². The lowest BCUT2D eigenvalue weighted by atomic mass is 10.1. The molecule has 0 aliphatic rings. The fourth-order valence-electron chi connectivity index (χ4n) is 2.43. The first-order valence-electron chi connectivity index (χ1n) is 6.36. The molecule has 2 aromatic rings. The summed E-state index contributed by atoms with van der Waals surface area (Å²) in [6, 6.07) is 9.40. The molecule has 17 heavy (non-hydrogen) atoms. The number of rotatable bonds is 3. The number of nitrogens with two attached hydrogens (primary N) is 1. The summed E-state index contributed by atoms with van der Waals surface area (Å²) in [7, 11) is 0. The van der Waals surface area contributed by atoms with Crippen molar-refractivity contribution in [2.45, 2.75) is 39.7 Å². The summed E-state index contributed by atoms with van der Waals surface area (Å²) in [6.07, 6.45) is 0. The van der Waals surface area contributed by atoms with Gasteiger partial charge in [0.1, 0.15) is 0 Å². The molecule has 1 aromatic heterocycles. The Morgan fingerprint density at radius 2 is 1.88 bits per heavy atom. The second kappa shape index (κ2) is 4.53. The predicted octanol–water partition coefficient (Wildman–Crippen LogP) is 3.59. The van der Waals surface area contributed by atoms with E-state index in [9.17, 15) is 0 Å². The van der Waals surface area contributed by atoms with E-state index in [-0.39, 0.29) is 0 Å². The van der Waals surface area contributed by atoms with Gasteiger partial charge in [0.15, 0.2) is 0 Å². The zero-order valence-electron chi connectivity index (χ0n) is 11.2. The highest BCUT2D eigenvalue weighted by molar-refractivity contribution is 5.82. The molecule has 0 spiro atoms. The Morgan fingerprint density at radius 1 is 1.18 bits per heavy atom. The minimum Gasteiger partial charge on any atom is -0.342 e. The molecule has 1 atom stereocenters. The highest BCUT2D eigenvalue weighted by Gasteiger charge is 2.15. The third-order valence-corrected chi connectivity index (χ3v) is 3.40. The Balaban J connectivity index is 2.71. The van der Waals surface area contributed by atoms with E-state index in [1.165, 1.54) is 22.2 Å². The summed E-state index contributed by atoms with van der Waals surface area (Å²) in [6.45, 7) is 9.49. The first-order valence-corrected chi connectivity index (χ1v) is 6.36. The van der Waals surface area contributed by atoms with Crippen LogP contribution in [0, 0.1) is 6.92 Å². The number of hydrogen-bond donors (Lipinski definition) is 1. The quantitative estimate of drug-likeness (QED) is 0.858. The van der Waals surface area contributed by atoms with Gasteiger partial charge in [-0.1, -0.05) is 19.1 Å². The van der Waals surface area contributed by atoms with Gasteiger partial charge in [-0.15, -0.1) is 0 Å². The van der Waals surface area contributed by atoms with E-state index in [0.29, 0.717) is 18.5 Å². The molecule has 1 heterocycles. The third kappa shape index (κ3) is 2.09. The molecule has 0 radical (unpaired) electrons. The molecule has 0 saturated heterocycles. The van der Waals surface area contributed by atoms with Crippen LogP contribution in [0.5, 0.6) is 0 Å². The minimum absolute atomic E-state index is 0.408. The van der Waals surface area contributed by atoms with E-state index in [4.69, 9.17) is 5.73 Å². The van der Waals surface area contributed by atoms with E-state index in [1.54, 1.807) is 0 Å². The van der Waals surface area contributed by atoms with Crippen molar-refractivity contribution in [2.75, 3.05) is 6.54 Å². The molecule has 1 unspecified atom stereocenters. The molecular formula is C15H22N2. The zero-order chi connectivity index (χ0) is 12.6. The van der Waals surface area contributed by atoms with E-state index >= 15 is 0 Å². The standard InChI is InChI=1S/C15H22N2/c1-10(2)17-14(12(4)9-16)8-13-6-5-11(3)7-15(13)17/h5-8,10,12H,9,16H2,1-4H3. The Bertz CT molecular complexity index is 523. The van der Waals surface area contributed by atoms with E-state index in [2.05, 4.69) is 56.5 Å². The van der Waals surface area contributed by atoms with Gasteiger partial charge in [0.2, 0.25) is 0 Å². The molecule has 2 heteroatoms. The Labute approximate surface area is 103 Å². The summed E-state index contributed by atoms with van der Waals surface area (Å²) < 4.78 is 2.42. The van der Waals surface area contributed by atoms with Gasteiger partial charge in [0, 0.05) is 29.7 Å². The summed E-state index contributed by atoms with van der Waals surface area (Å²) in [4.78, 5) is 0. The minimum atomic E-state index is 0.408. The van der Waals surface area contributed by atoms with E-state index < -0.39 is 0 Å². The average molecular weight is 230 g/mol. The first-order chi connectivity index (χ1) is 8.04. The van der Waals surface area contributed by atoms with Crippen LogP contribution < -0.4 is 5.73 Å². The van der Waals surface area contributed by atoms with Crippen molar-refractivity contribution in [3.05, 3.63) is 35.5 Å². The van der Waals surface area contributed by atoms with Crippen LogP contribution in [0.3, 0.4) is 0 Å². The highest BCUT2D eigenvalue weighted by Crippen LogP contribution is 2.29. The summed E-state index contributed by atoms with van der Waals surface area (Å²) in [5.41, 5.74) is 9.80. The largest absolute Gasteiger partial charge is 0.342 e. The van der Waals surface area contributed by atoms with Crippen molar-refractivity contribution in [2.24, 2.45) is 5.73 Å². The molecule has 0 aliphatic heterocycles. The van der Waals surface area contributed by atoms with Gasteiger partial charge in [-0.25, -0.2) is 0 Å². The fraction of sp³-hybridized carbons (Fsp3) is 0.467. The summed E-state index contributed by atoms with van der Waals surface area (Å²) >= 11 is 0. The number of aromatic nitrogens is 1. The second-order valence-corrected chi connectivity index (χ2v) is 5.23. The van der Waals surface area contributed by atoms with Crippen molar-refractivity contribution in [1.82, 2.24) is 4.57 Å². The molecule has 0 amide bonds. The van der Waals surface area contributed by atoms with Crippen molar-refractivity contribution < 1.29 is 0 Å². The van der Waals surface area contributed by atoms with Gasteiger partial charge in [-0.2, -0.15) is 0 Å². The number of aryl methyl sites for hydroxylation is 1. The maximum absolute atomic E-state index is 5.81. The second-order valence-electron chi connectivity index (χ2n) is 5.23. The van der Waals surface area contributed by atoms with Crippen LogP contribution in [0.4, 0.5) is 0 Å². The van der Waals surface area contributed by atoms with Crippen LogP contribution in [0.15, 0.2) is 24.3 Å². The maximum atomic E-state index is 5.81. The number of fused-ring (bicyclic) bond motifs is 1. The predicted molar refractivity (Wildman–Crippen MR) is 74.5 cm³/mol. The molecule has 0 saturated carbocycles. The van der Waals surface area contributed by atoms with Crippen molar-refractivity contribution in [1.29, 1.82) is 0 Å². The zero-order valence-corrected chi connectivity index (χ0v) is 11.2. The fourth-order valence-corrected chi connectivity index (χ4v) is 2.43. The molecule has 2 N–H and O–H groups in total. The lowest BCUT2D eigenvalue weighted by Gasteiger charge is -2.18. The number of benzene rings is 1. The Kier molecular flexibility index (Phi) is 3.25. The van der Waals surface area contributed by atoms with Crippen LogP contribution in [0.2, 0.25) is 0 Å². The van der Waals surface area contributed by atoms with Gasteiger partial charge in [-0.05, 0) is 43.9 Å². The summed E-state index contributed by atoms with van der Waals surface area (Å²) in [5, 5.41) is 1.32.